The van der Waals surface area contributed by atoms with Crippen molar-refractivity contribution in [2.24, 2.45) is 0 Å². The lowest BCUT2D eigenvalue weighted by Gasteiger charge is -2.24. The summed E-state index contributed by atoms with van der Waals surface area (Å²) in [6, 6.07) is 0.0401. The van der Waals surface area contributed by atoms with Crippen LogP contribution >= 0.6 is 0 Å². The minimum atomic E-state index is -3.04. The van der Waals surface area contributed by atoms with Gasteiger partial charge in [0.25, 0.3) is 0 Å². The molecule has 0 aliphatic heterocycles. The molecule has 0 fully saturated rings. The number of likely N-dealkylation sites (N-methyl/N-ethyl adjacent to an activating group) is 1. The van der Waals surface area contributed by atoms with Gasteiger partial charge < -0.3 is 5.32 Å². The van der Waals surface area contributed by atoms with E-state index in [1.807, 2.05) is 20.9 Å². The van der Waals surface area contributed by atoms with Crippen LogP contribution in [0.25, 0.3) is 0 Å². The van der Waals surface area contributed by atoms with Crippen molar-refractivity contribution in [3.05, 3.63) is 0 Å². The van der Waals surface area contributed by atoms with E-state index in [4.69, 9.17) is 0 Å². The van der Waals surface area contributed by atoms with Crippen LogP contribution in [0.15, 0.2) is 0 Å². The lowest BCUT2D eigenvalue weighted by atomic mass is 10.4. The van der Waals surface area contributed by atoms with Gasteiger partial charge in [-0.1, -0.05) is 0 Å². The first-order chi connectivity index (χ1) is 5.95. The SMILES string of the molecule is CCS(=O)(=O)N(CCNC)C(C)C. The Kier molecular flexibility index (Phi) is 5.51. The molecule has 0 radical (unpaired) electrons. The van der Waals surface area contributed by atoms with Crippen LogP contribution in [0, 0.1) is 0 Å². The largest absolute Gasteiger partial charge is 0.318 e. The molecule has 0 rings (SSSR count). The molecule has 0 amide bonds. The number of rotatable bonds is 6. The number of hydrogen-bond acceptors (Lipinski definition) is 3. The molecule has 1 N–H and O–H groups in total. The molecule has 4 nitrogen and oxygen atoms in total. The van der Waals surface area contributed by atoms with Crippen LogP contribution in [0.5, 0.6) is 0 Å². The third-order valence-corrected chi connectivity index (χ3v) is 3.93. The lowest BCUT2D eigenvalue weighted by molar-refractivity contribution is 0.355. The van der Waals surface area contributed by atoms with Crippen molar-refractivity contribution in [1.29, 1.82) is 0 Å². The summed E-state index contributed by atoms with van der Waals surface area (Å²) in [4.78, 5) is 0. The molecular formula is C8H20N2O2S. The predicted molar refractivity (Wildman–Crippen MR) is 55.2 cm³/mol. The fourth-order valence-electron chi connectivity index (χ4n) is 1.11. The summed E-state index contributed by atoms with van der Waals surface area (Å²) in [6.07, 6.45) is 0. The van der Waals surface area contributed by atoms with E-state index in [0.29, 0.717) is 13.1 Å². The van der Waals surface area contributed by atoms with Crippen molar-refractivity contribution in [3.8, 4) is 0 Å². The highest BCUT2D eigenvalue weighted by molar-refractivity contribution is 7.89. The summed E-state index contributed by atoms with van der Waals surface area (Å²) in [6.45, 7) is 6.69. The Labute approximate surface area is 81.4 Å². The molecule has 0 aromatic carbocycles. The third-order valence-electron chi connectivity index (χ3n) is 1.88. The van der Waals surface area contributed by atoms with Crippen LogP contribution in [0.1, 0.15) is 20.8 Å². The molecule has 0 aromatic rings. The minimum Gasteiger partial charge on any atom is -0.318 e. The van der Waals surface area contributed by atoms with Gasteiger partial charge in [0.1, 0.15) is 0 Å². The molecule has 13 heavy (non-hydrogen) atoms. The van der Waals surface area contributed by atoms with Crippen LogP contribution in [0.4, 0.5) is 0 Å². The summed E-state index contributed by atoms with van der Waals surface area (Å²) in [5.41, 5.74) is 0. The van der Waals surface area contributed by atoms with Gasteiger partial charge in [-0.05, 0) is 27.8 Å². The smallest absolute Gasteiger partial charge is 0.214 e. The maximum atomic E-state index is 11.5. The quantitative estimate of drug-likeness (QED) is 0.681. The van der Waals surface area contributed by atoms with Gasteiger partial charge in [0.2, 0.25) is 10.0 Å². The Morgan fingerprint density at radius 2 is 1.92 bits per heavy atom. The highest BCUT2D eigenvalue weighted by Crippen LogP contribution is 2.06. The van der Waals surface area contributed by atoms with Crippen molar-refractivity contribution in [2.75, 3.05) is 25.9 Å². The molecule has 5 heteroatoms. The molecule has 0 unspecified atom stereocenters. The first-order valence-corrected chi connectivity index (χ1v) is 6.20. The van der Waals surface area contributed by atoms with Crippen molar-refractivity contribution < 1.29 is 8.42 Å². The van der Waals surface area contributed by atoms with Crippen LogP contribution in [-0.4, -0.2) is 44.7 Å². The lowest BCUT2D eigenvalue weighted by Crippen LogP contribution is -2.41. The molecule has 0 aromatic heterocycles. The number of nitrogens with zero attached hydrogens (tertiary/aromatic N) is 1. The maximum Gasteiger partial charge on any atom is 0.214 e. The molecule has 0 saturated heterocycles. The van der Waals surface area contributed by atoms with Crippen LogP contribution < -0.4 is 5.32 Å². The van der Waals surface area contributed by atoms with Crippen molar-refractivity contribution in [1.82, 2.24) is 9.62 Å². The Morgan fingerprint density at radius 1 is 1.38 bits per heavy atom. The zero-order valence-electron chi connectivity index (χ0n) is 8.87. The Hall–Kier alpha value is -0.130. The highest BCUT2D eigenvalue weighted by atomic mass is 32.2. The molecule has 0 saturated carbocycles. The monoisotopic (exact) mass is 208 g/mol. The first-order valence-electron chi connectivity index (χ1n) is 4.59. The van der Waals surface area contributed by atoms with E-state index in [1.54, 1.807) is 6.92 Å². The second kappa shape index (κ2) is 5.57. The van der Waals surface area contributed by atoms with E-state index < -0.39 is 10.0 Å². The number of hydrogen-bond donors (Lipinski definition) is 1. The Balaban J connectivity index is 4.43. The van der Waals surface area contributed by atoms with Gasteiger partial charge in [0, 0.05) is 19.1 Å². The summed E-state index contributed by atoms with van der Waals surface area (Å²) in [7, 11) is -1.22. The number of sulfonamides is 1. The van der Waals surface area contributed by atoms with Gasteiger partial charge in [-0.15, -0.1) is 0 Å². The maximum absolute atomic E-state index is 11.5. The van der Waals surface area contributed by atoms with Crippen molar-refractivity contribution in [2.45, 2.75) is 26.8 Å². The summed E-state index contributed by atoms with van der Waals surface area (Å²) in [5, 5.41) is 2.94. The first kappa shape index (κ1) is 12.9. The zero-order valence-corrected chi connectivity index (χ0v) is 9.69. The van der Waals surface area contributed by atoms with E-state index in [9.17, 15) is 8.42 Å². The second-order valence-corrected chi connectivity index (χ2v) is 5.42. The van der Waals surface area contributed by atoms with Gasteiger partial charge in [0.05, 0.1) is 5.75 Å². The van der Waals surface area contributed by atoms with Crippen LogP contribution in [0.2, 0.25) is 0 Å². The molecule has 0 aliphatic carbocycles. The van der Waals surface area contributed by atoms with E-state index in [-0.39, 0.29) is 11.8 Å². The molecule has 0 atom stereocenters. The minimum absolute atomic E-state index is 0.0401. The van der Waals surface area contributed by atoms with Gasteiger partial charge >= 0.3 is 0 Å². The second-order valence-electron chi connectivity index (χ2n) is 3.21. The molecule has 0 bridgehead atoms. The highest BCUT2D eigenvalue weighted by Gasteiger charge is 2.21. The third kappa shape index (κ3) is 4.06. The summed E-state index contributed by atoms with van der Waals surface area (Å²) < 4.78 is 24.6. The molecule has 0 spiro atoms. The van der Waals surface area contributed by atoms with Gasteiger partial charge in [-0.3, -0.25) is 0 Å². The Morgan fingerprint density at radius 3 is 2.23 bits per heavy atom. The van der Waals surface area contributed by atoms with E-state index in [1.165, 1.54) is 4.31 Å². The molecular weight excluding hydrogens is 188 g/mol. The fraction of sp³-hybridized carbons (Fsp3) is 1.00. The van der Waals surface area contributed by atoms with Crippen molar-refractivity contribution >= 4 is 10.0 Å². The predicted octanol–water partition coefficient (Wildman–Crippen LogP) is 0.266. The van der Waals surface area contributed by atoms with Gasteiger partial charge in [-0.2, -0.15) is 4.31 Å². The summed E-state index contributed by atoms with van der Waals surface area (Å²) in [5.74, 6) is 0.175. The molecule has 0 heterocycles. The van der Waals surface area contributed by atoms with Crippen LogP contribution in [0.3, 0.4) is 0 Å². The fourth-order valence-corrected chi connectivity index (χ4v) is 2.45. The van der Waals surface area contributed by atoms with Crippen molar-refractivity contribution in [3.63, 3.8) is 0 Å². The Bertz CT molecular complexity index is 224. The topological polar surface area (TPSA) is 49.4 Å². The summed E-state index contributed by atoms with van der Waals surface area (Å²) >= 11 is 0. The average molecular weight is 208 g/mol. The zero-order chi connectivity index (χ0) is 10.5. The van der Waals surface area contributed by atoms with E-state index in [2.05, 4.69) is 5.32 Å². The van der Waals surface area contributed by atoms with E-state index in [0.717, 1.165) is 0 Å². The molecule has 0 aliphatic rings. The van der Waals surface area contributed by atoms with Gasteiger partial charge in [0.15, 0.2) is 0 Å². The average Bonchev–Trinajstić information content (AvgIpc) is 2.04. The normalized spacial score (nSPS) is 12.8. The van der Waals surface area contributed by atoms with Crippen LogP contribution in [-0.2, 0) is 10.0 Å². The standard InChI is InChI=1S/C8H20N2O2S/c1-5-13(11,12)10(8(2)3)7-6-9-4/h8-9H,5-7H2,1-4H3. The van der Waals surface area contributed by atoms with Gasteiger partial charge in [-0.25, -0.2) is 8.42 Å². The van der Waals surface area contributed by atoms with E-state index >= 15 is 0 Å². The molecule has 80 valence electrons. The number of nitrogens with one attached hydrogen (secondary N) is 1.